The van der Waals surface area contributed by atoms with Crippen LogP contribution in [0.2, 0.25) is 5.02 Å². The van der Waals surface area contributed by atoms with Crippen molar-refractivity contribution < 1.29 is 14.3 Å². The van der Waals surface area contributed by atoms with E-state index in [2.05, 4.69) is 0 Å². The Labute approximate surface area is 124 Å². The van der Waals surface area contributed by atoms with Gasteiger partial charge in [0, 0.05) is 17.6 Å². The van der Waals surface area contributed by atoms with Crippen molar-refractivity contribution in [1.29, 1.82) is 0 Å². The minimum Gasteiger partial charge on any atom is -0.444 e. The van der Waals surface area contributed by atoms with E-state index in [1.165, 1.54) is 4.90 Å². The SMILES string of the molecule is CN(C[C@H]1OCc2c(Cl)cccc21)C(=O)OC(C)(C)C. The summed E-state index contributed by atoms with van der Waals surface area (Å²) in [6, 6.07) is 5.74. The second-order valence-corrected chi connectivity index (χ2v) is 6.38. The van der Waals surface area contributed by atoms with E-state index in [1.54, 1.807) is 7.05 Å². The van der Waals surface area contributed by atoms with Gasteiger partial charge in [-0.1, -0.05) is 23.7 Å². The van der Waals surface area contributed by atoms with E-state index in [-0.39, 0.29) is 12.2 Å². The predicted molar refractivity (Wildman–Crippen MR) is 77.8 cm³/mol. The first-order chi connectivity index (χ1) is 9.28. The molecule has 1 aromatic rings. The fourth-order valence-electron chi connectivity index (χ4n) is 2.12. The Bertz CT molecular complexity index is 510. The van der Waals surface area contributed by atoms with Crippen LogP contribution in [0.1, 0.15) is 38.0 Å². The summed E-state index contributed by atoms with van der Waals surface area (Å²) >= 11 is 6.14. The van der Waals surface area contributed by atoms with Gasteiger partial charge in [-0.05, 0) is 32.4 Å². The van der Waals surface area contributed by atoms with Crippen molar-refractivity contribution in [3.63, 3.8) is 0 Å². The molecule has 1 heterocycles. The molecule has 0 saturated carbocycles. The van der Waals surface area contributed by atoms with Gasteiger partial charge in [-0.2, -0.15) is 0 Å². The number of rotatable bonds is 2. The molecule has 20 heavy (non-hydrogen) atoms. The molecule has 0 N–H and O–H groups in total. The molecule has 1 atom stereocenters. The largest absolute Gasteiger partial charge is 0.444 e. The number of carbonyl (C=O) groups excluding carboxylic acids is 1. The normalized spacial score (nSPS) is 17.8. The molecule has 1 aliphatic heterocycles. The standard InChI is InChI=1S/C15H20ClNO3/c1-15(2,3)20-14(18)17(4)8-13-10-6-5-7-12(16)11(10)9-19-13/h5-7,13H,8-9H2,1-4H3/t13-/m1/s1. The van der Waals surface area contributed by atoms with Gasteiger partial charge in [0.1, 0.15) is 11.7 Å². The molecule has 0 spiro atoms. The summed E-state index contributed by atoms with van der Waals surface area (Å²) in [6.07, 6.45) is -0.502. The van der Waals surface area contributed by atoms with Crippen LogP contribution in [-0.2, 0) is 16.1 Å². The summed E-state index contributed by atoms with van der Waals surface area (Å²) in [5, 5.41) is 0.713. The van der Waals surface area contributed by atoms with Gasteiger partial charge in [-0.3, -0.25) is 0 Å². The number of ether oxygens (including phenoxy) is 2. The number of halogens is 1. The Morgan fingerprint density at radius 3 is 2.85 bits per heavy atom. The van der Waals surface area contributed by atoms with Gasteiger partial charge in [0.05, 0.1) is 13.2 Å². The molecule has 1 amide bonds. The van der Waals surface area contributed by atoms with Gasteiger partial charge in [0.25, 0.3) is 0 Å². The van der Waals surface area contributed by atoms with Crippen molar-refractivity contribution >= 4 is 17.7 Å². The summed E-state index contributed by atoms with van der Waals surface area (Å²) in [5.74, 6) is 0. The fourth-order valence-corrected chi connectivity index (χ4v) is 2.35. The van der Waals surface area contributed by atoms with Crippen LogP contribution in [0.3, 0.4) is 0 Å². The van der Waals surface area contributed by atoms with Crippen LogP contribution in [0.15, 0.2) is 18.2 Å². The van der Waals surface area contributed by atoms with Crippen molar-refractivity contribution in [2.75, 3.05) is 13.6 Å². The summed E-state index contributed by atoms with van der Waals surface area (Å²) in [4.78, 5) is 13.5. The minimum absolute atomic E-state index is 0.152. The van der Waals surface area contributed by atoms with Crippen molar-refractivity contribution in [1.82, 2.24) is 4.90 Å². The molecule has 0 bridgehead atoms. The Kier molecular flexibility index (Phi) is 4.25. The first kappa shape index (κ1) is 15.1. The molecule has 0 saturated heterocycles. The molecule has 0 fully saturated rings. The Morgan fingerprint density at radius 1 is 1.50 bits per heavy atom. The third-order valence-electron chi connectivity index (χ3n) is 3.08. The first-order valence-corrected chi connectivity index (χ1v) is 6.99. The van der Waals surface area contributed by atoms with Gasteiger partial charge in [0.2, 0.25) is 0 Å². The topological polar surface area (TPSA) is 38.8 Å². The number of hydrogen-bond donors (Lipinski definition) is 0. The van der Waals surface area contributed by atoms with Crippen LogP contribution in [0.5, 0.6) is 0 Å². The summed E-state index contributed by atoms with van der Waals surface area (Å²) in [5.41, 5.74) is 1.56. The van der Waals surface area contributed by atoms with Crippen LogP contribution in [-0.4, -0.2) is 30.2 Å². The maximum Gasteiger partial charge on any atom is 0.410 e. The molecular formula is C15H20ClNO3. The van der Waals surface area contributed by atoms with Crippen molar-refractivity contribution in [3.05, 3.63) is 34.3 Å². The van der Waals surface area contributed by atoms with Crippen molar-refractivity contribution in [2.24, 2.45) is 0 Å². The fraction of sp³-hybridized carbons (Fsp3) is 0.533. The zero-order valence-corrected chi connectivity index (χ0v) is 13.0. The van der Waals surface area contributed by atoms with E-state index in [4.69, 9.17) is 21.1 Å². The summed E-state index contributed by atoms with van der Waals surface area (Å²) in [6.45, 7) is 6.48. The first-order valence-electron chi connectivity index (χ1n) is 6.61. The van der Waals surface area contributed by atoms with Crippen molar-refractivity contribution in [2.45, 2.75) is 39.1 Å². The van der Waals surface area contributed by atoms with Crippen LogP contribution < -0.4 is 0 Å². The molecule has 0 unspecified atom stereocenters. The van der Waals surface area contributed by atoms with Gasteiger partial charge in [-0.25, -0.2) is 4.79 Å². The smallest absolute Gasteiger partial charge is 0.410 e. The van der Waals surface area contributed by atoms with E-state index >= 15 is 0 Å². The monoisotopic (exact) mass is 297 g/mol. The number of likely N-dealkylation sites (N-methyl/N-ethyl adjacent to an activating group) is 1. The second kappa shape index (κ2) is 5.62. The quantitative estimate of drug-likeness (QED) is 0.834. The number of benzene rings is 1. The molecule has 2 rings (SSSR count). The molecule has 110 valence electrons. The molecule has 1 aromatic carbocycles. The molecule has 0 aromatic heterocycles. The van der Waals surface area contributed by atoms with E-state index in [9.17, 15) is 4.79 Å². The summed E-state index contributed by atoms with van der Waals surface area (Å²) < 4.78 is 11.0. The van der Waals surface area contributed by atoms with Crippen LogP contribution in [0.25, 0.3) is 0 Å². The minimum atomic E-state index is -0.497. The predicted octanol–water partition coefficient (Wildman–Crippen LogP) is 3.78. The lowest BCUT2D eigenvalue weighted by atomic mass is 10.1. The number of hydrogen-bond acceptors (Lipinski definition) is 3. The molecule has 5 heteroatoms. The Hall–Kier alpha value is -1.26. The third-order valence-corrected chi connectivity index (χ3v) is 3.43. The van der Waals surface area contributed by atoms with E-state index in [0.717, 1.165) is 11.1 Å². The molecule has 4 nitrogen and oxygen atoms in total. The van der Waals surface area contributed by atoms with Crippen LogP contribution in [0.4, 0.5) is 4.79 Å². The van der Waals surface area contributed by atoms with Gasteiger partial charge in [-0.15, -0.1) is 0 Å². The average molecular weight is 298 g/mol. The molecule has 0 radical (unpaired) electrons. The van der Waals surface area contributed by atoms with Crippen LogP contribution >= 0.6 is 11.6 Å². The van der Waals surface area contributed by atoms with E-state index in [0.29, 0.717) is 18.2 Å². The zero-order chi connectivity index (χ0) is 14.9. The maximum absolute atomic E-state index is 11.9. The second-order valence-electron chi connectivity index (χ2n) is 5.97. The highest BCUT2D eigenvalue weighted by Crippen LogP contribution is 2.35. The molecule has 0 aliphatic carbocycles. The van der Waals surface area contributed by atoms with E-state index < -0.39 is 5.60 Å². The van der Waals surface area contributed by atoms with E-state index in [1.807, 2.05) is 39.0 Å². The highest BCUT2D eigenvalue weighted by Gasteiger charge is 2.28. The number of nitrogens with zero attached hydrogens (tertiary/aromatic N) is 1. The summed E-state index contributed by atoms with van der Waals surface area (Å²) in [7, 11) is 1.71. The Balaban J connectivity index is 2.03. The van der Waals surface area contributed by atoms with Gasteiger partial charge >= 0.3 is 6.09 Å². The number of fused-ring (bicyclic) bond motifs is 1. The van der Waals surface area contributed by atoms with Crippen LogP contribution in [0, 0.1) is 0 Å². The lowest BCUT2D eigenvalue weighted by Gasteiger charge is -2.26. The highest BCUT2D eigenvalue weighted by molar-refractivity contribution is 6.31. The molecule has 1 aliphatic rings. The lowest BCUT2D eigenvalue weighted by molar-refractivity contribution is 0.00747. The third kappa shape index (κ3) is 3.44. The maximum atomic E-state index is 11.9. The Morgan fingerprint density at radius 2 is 2.20 bits per heavy atom. The number of carbonyl (C=O) groups is 1. The molecular weight excluding hydrogens is 278 g/mol. The van der Waals surface area contributed by atoms with Gasteiger partial charge in [0.15, 0.2) is 0 Å². The lowest BCUT2D eigenvalue weighted by Crippen LogP contribution is -2.36. The zero-order valence-electron chi connectivity index (χ0n) is 12.3. The average Bonchev–Trinajstić information content (AvgIpc) is 2.72. The number of amides is 1. The highest BCUT2D eigenvalue weighted by atomic mass is 35.5. The van der Waals surface area contributed by atoms with Gasteiger partial charge < -0.3 is 14.4 Å². The van der Waals surface area contributed by atoms with Crippen molar-refractivity contribution in [3.8, 4) is 0 Å².